The zero-order valence-electron chi connectivity index (χ0n) is 15.5. The van der Waals surface area contributed by atoms with Crippen LogP contribution >= 0.6 is 8.60 Å². The van der Waals surface area contributed by atoms with Crippen LogP contribution in [0.5, 0.6) is 5.75 Å². The standard InChI is InChI=1S/C18H14B2FN2O6P/c1-2-10-8-23(17(25)22-16(10)24)15-6-5-14(27-15)18(19,20)29-30-26-9-11-7-12(21)3-4-13(11)28-30/h1,3-4,7-8,14-15H,5-6,9H2,(H,22,24,25). The lowest BCUT2D eigenvalue weighted by atomic mass is 9.61. The van der Waals surface area contributed by atoms with Gasteiger partial charge in [-0.3, -0.25) is 18.9 Å². The molecule has 1 aromatic heterocycles. The molecule has 3 unspecified atom stereocenters. The fraction of sp³-hybridized carbons (Fsp3) is 0.333. The molecule has 1 N–H and O–H groups in total. The van der Waals surface area contributed by atoms with Crippen molar-refractivity contribution in [3.8, 4) is 18.1 Å². The highest BCUT2D eigenvalue weighted by atomic mass is 31.2. The van der Waals surface area contributed by atoms with E-state index in [0.29, 0.717) is 24.2 Å². The maximum Gasteiger partial charge on any atom is 0.396 e. The minimum absolute atomic E-state index is 0.00720. The van der Waals surface area contributed by atoms with Crippen LogP contribution in [0.3, 0.4) is 0 Å². The van der Waals surface area contributed by atoms with E-state index in [9.17, 15) is 14.0 Å². The maximum absolute atomic E-state index is 13.3. The van der Waals surface area contributed by atoms with Crippen molar-refractivity contribution in [2.45, 2.75) is 37.2 Å². The maximum atomic E-state index is 13.3. The molecule has 0 saturated carbocycles. The minimum Gasteiger partial charge on any atom is -0.426 e. The van der Waals surface area contributed by atoms with E-state index in [4.69, 9.17) is 40.4 Å². The predicted octanol–water partition coefficient (Wildman–Crippen LogP) is 1.18. The summed E-state index contributed by atoms with van der Waals surface area (Å²) in [5.41, 5.74) is -0.793. The SMILES string of the molecule is [B]C([B])(OP1OCc2cc(F)ccc2O1)C1CCC(n2cc(C#C)c(=O)[nH]c2=O)O1. The van der Waals surface area contributed by atoms with E-state index < -0.39 is 43.4 Å². The smallest absolute Gasteiger partial charge is 0.396 e. The number of nitrogens with one attached hydrogen (secondary N) is 1. The van der Waals surface area contributed by atoms with Crippen molar-refractivity contribution in [3.63, 3.8) is 0 Å². The van der Waals surface area contributed by atoms with Crippen LogP contribution < -0.4 is 15.8 Å². The average Bonchev–Trinajstić information content (AvgIpc) is 3.19. The van der Waals surface area contributed by atoms with E-state index in [-0.39, 0.29) is 12.2 Å². The van der Waals surface area contributed by atoms with Crippen molar-refractivity contribution >= 4 is 24.3 Å². The van der Waals surface area contributed by atoms with Crippen LogP contribution in [-0.2, 0) is 20.4 Å². The van der Waals surface area contributed by atoms with Gasteiger partial charge in [0.1, 0.15) is 39.1 Å². The van der Waals surface area contributed by atoms with Crippen molar-refractivity contribution in [1.82, 2.24) is 9.55 Å². The van der Waals surface area contributed by atoms with Gasteiger partial charge in [-0.2, -0.15) is 0 Å². The van der Waals surface area contributed by atoms with E-state index in [2.05, 4.69) is 10.9 Å². The van der Waals surface area contributed by atoms with Crippen LogP contribution in [0.2, 0.25) is 0 Å². The Morgan fingerprint density at radius 3 is 2.93 bits per heavy atom. The number of hydrogen-bond donors (Lipinski definition) is 1. The third-order valence-electron chi connectivity index (χ3n) is 4.69. The molecule has 12 heteroatoms. The van der Waals surface area contributed by atoms with Crippen molar-refractivity contribution in [2.24, 2.45) is 0 Å². The zero-order valence-corrected chi connectivity index (χ0v) is 16.4. The van der Waals surface area contributed by atoms with Gasteiger partial charge in [-0.1, -0.05) is 5.92 Å². The van der Waals surface area contributed by atoms with Crippen LogP contribution in [0.4, 0.5) is 4.39 Å². The van der Waals surface area contributed by atoms with Crippen molar-refractivity contribution in [3.05, 3.63) is 62.2 Å². The average molecular weight is 426 g/mol. The van der Waals surface area contributed by atoms with E-state index in [0.717, 1.165) is 0 Å². The summed E-state index contributed by atoms with van der Waals surface area (Å²) in [5.74, 6) is 2.21. The Kier molecular flexibility index (Phi) is 5.60. The minimum atomic E-state index is -1.95. The van der Waals surface area contributed by atoms with Gasteiger partial charge in [-0.15, -0.1) is 6.42 Å². The van der Waals surface area contributed by atoms with Crippen LogP contribution in [0.25, 0.3) is 0 Å². The van der Waals surface area contributed by atoms with Crippen molar-refractivity contribution in [1.29, 1.82) is 0 Å². The van der Waals surface area contributed by atoms with Crippen molar-refractivity contribution in [2.75, 3.05) is 0 Å². The number of rotatable bonds is 4. The molecule has 0 amide bonds. The molecule has 150 valence electrons. The summed E-state index contributed by atoms with van der Waals surface area (Å²) in [6.07, 6.45) is 5.71. The van der Waals surface area contributed by atoms with Gasteiger partial charge in [-0.25, -0.2) is 9.18 Å². The summed E-state index contributed by atoms with van der Waals surface area (Å²) in [7, 11) is 10.3. The fourth-order valence-electron chi connectivity index (χ4n) is 3.17. The first-order valence-electron chi connectivity index (χ1n) is 8.90. The molecule has 3 heterocycles. The van der Waals surface area contributed by atoms with Gasteiger partial charge in [0.25, 0.3) is 5.56 Å². The highest BCUT2D eigenvalue weighted by Gasteiger charge is 2.41. The predicted molar refractivity (Wildman–Crippen MR) is 106 cm³/mol. The number of fused-ring (bicyclic) bond motifs is 1. The molecule has 4 rings (SSSR count). The number of aromatic amines is 1. The van der Waals surface area contributed by atoms with Gasteiger partial charge in [0.15, 0.2) is 0 Å². The first-order chi connectivity index (χ1) is 14.3. The van der Waals surface area contributed by atoms with Gasteiger partial charge in [-0.05, 0) is 31.0 Å². The summed E-state index contributed by atoms with van der Waals surface area (Å²) < 4.78 is 36.9. The lowest BCUT2D eigenvalue weighted by molar-refractivity contribution is -0.0469. The molecule has 2 aliphatic rings. The monoisotopic (exact) mass is 426 g/mol. The van der Waals surface area contributed by atoms with E-state index in [1.165, 1.54) is 29.0 Å². The summed E-state index contributed by atoms with van der Waals surface area (Å²) in [4.78, 5) is 25.9. The molecular formula is C18H14B2FN2O6P. The van der Waals surface area contributed by atoms with E-state index in [1.807, 2.05) is 0 Å². The Balaban J connectivity index is 1.45. The second-order valence-electron chi connectivity index (χ2n) is 6.80. The summed E-state index contributed by atoms with van der Waals surface area (Å²) in [6, 6.07) is 4.03. The second-order valence-corrected chi connectivity index (χ2v) is 7.87. The number of terminal acetylenes is 1. The number of nitrogens with zero attached hydrogens (tertiary/aromatic N) is 1. The first kappa shape index (κ1) is 20.9. The largest absolute Gasteiger partial charge is 0.426 e. The molecule has 30 heavy (non-hydrogen) atoms. The molecular weight excluding hydrogens is 412 g/mol. The van der Waals surface area contributed by atoms with Crippen LogP contribution in [0.15, 0.2) is 34.0 Å². The van der Waals surface area contributed by atoms with Gasteiger partial charge >= 0.3 is 14.3 Å². The first-order valence-corrected chi connectivity index (χ1v) is 10.0. The third kappa shape index (κ3) is 4.09. The van der Waals surface area contributed by atoms with Gasteiger partial charge in [0.2, 0.25) is 0 Å². The highest BCUT2D eigenvalue weighted by molar-refractivity contribution is 7.42. The molecule has 0 aliphatic carbocycles. The van der Waals surface area contributed by atoms with Crippen LogP contribution in [0.1, 0.15) is 30.2 Å². The topological polar surface area (TPSA) is 91.8 Å². The highest BCUT2D eigenvalue weighted by Crippen LogP contribution is 2.50. The van der Waals surface area contributed by atoms with Crippen LogP contribution in [-0.4, -0.2) is 36.7 Å². The summed E-state index contributed by atoms with van der Waals surface area (Å²) in [5, 5.41) is -1.79. The third-order valence-corrected chi connectivity index (χ3v) is 5.84. The normalized spacial score (nSPS) is 23.4. The molecule has 1 aromatic carbocycles. The molecule has 1 saturated heterocycles. The van der Waals surface area contributed by atoms with Gasteiger partial charge in [0.05, 0.1) is 12.7 Å². The molecule has 1 fully saturated rings. The van der Waals surface area contributed by atoms with Gasteiger partial charge < -0.3 is 13.8 Å². The molecule has 4 radical (unpaired) electrons. The quantitative estimate of drug-likeness (QED) is 0.449. The van der Waals surface area contributed by atoms with E-state index in [1.54, 1.807) is 0 Å². The number of H-pyrrole nitrogens is 1. The Morgan fingerprint density at radius 1 is 1.37 bits per heavy atom. The molecule has 2 aliphatic heterocycles. The van der Waals surface area contributed by atoms with Crippen molar-refractivity contribution < 1.29 is 22.7 Å². The van der Waals surface area contributed by atoms with Crippen LogP contribution in [0, 0.1) is 18.2 Å². The number of hydrogen-bond acceptors (Lipinski definition) is 6. The lowest BCUT2D eigenvalue weighted by Gasteiger charge is -2.36. The molecule has 3 atom stereocenters. The number of benzene rings is 1. The molecule has 0 spiro atoms. The number of ether oxygens (including phenoxy) is 1. The zero-order chi connectivity index (χ0) is 21.5. The van der Waals surface area contributed by atoms with E-state index >= 15 is 0 Å². The molecule has 2 aromatic rings. The molecule has 0 bridgehead atoms. The fourth-order valence-corrected chi connectivity index (χ4v) is 4.27. The Labute approximate surface area is 174 Å². The Bertz CT molecular complexity index is 1130. The van der Waals surface area contributed by atoms with Gasteiger partial charge in [0, 0.05) is 17.2 Å². The second kappa shape index (κ2) is 8.05. The Morgan fingerprint density at radius 2 is 2.17 bits per heavy atom. The Hall–Kier alpha value is -2.37. The molecule has 8 nitrogen and oxygen atoms in total. The number of halogens is 1. The number of aromatic nitrogens is 2. The summed E-state index contributed by atoms with van der Waals surface area (Å²) in [6.45, 7) is 0.0741. The summed E-state index contributed by atoms with van der Waals surface area (Å²) >= 11 is 0. The lowest BCUT2D eigenvalue weighted by Crippen LogP contribution is -2.46.